The number of carbonyl (C=O) groups is 2. The molecule has 8 heteroatoms. The number of ether oxygens (including phenoxy) is 1. The van der Waals surface area contributed by atoms with Crippen molar-refractivity contribution in [2.75, 3.05) is 11.1 Å². The third kappa shape index (κ3) is 4.15. The van der Waals surface area contributed by atoms with Gasteiger partial charge in [-0.05, 0) is 56.4 Å². The van der Waals surface area contributed by atoms with Gasteiger partial charge in [0.15, 0.2) is 6.10 Å². The van der Waals surface area contributed by atoms with Crippen molar-refractivity contribution in [2.45, 2.75) is 45.1 Å². The Hall–Kier alpha value is -2.92. The lowest BCUT2D eigenvalue weighted by Gasteiger charge is -2.14. The Kier molecular flexibility index (Phi) is 5.95. The largest absolute Gasteiger partial charge is 0.449 e. The third-order valence-corrected chi connectivity index (χ3v) is 5.86. The molecule has 0 bridgehead atoms. The maximum absolute atomic E-state index is 13.1. The van der Waals surface area contributed by atoms with Gasteiger partial charge in [0, 0.05) is 10.6 Å². The van der Waals surface area contributed by atoms with Crippen LogP contribution in [0, 0.1) is 17.1 Å². The van der Waals surface area contributed by atoms with Crippen molar-refractivity contribution in [3.05, 3.63) is 45.6 Å². The number of rotatable bonds is 4. The van der Waals surface area contributed by atoms with Crippen LogP contribution in [0.1, 0.15) is 52.5 Å². The number of thiophene rings is 1. The number of nitrogens with zero attached hydrogens (tertiary/aromatic N) is 1. The molecule has 1 aromatic heterocycles. The number of hydrogen-bond acceptors (Lipinski definition) is 6. The highest BCUT2D eigenvalue weighted by Crippen LogP contribution is 2.37. The van der Waals surface area contributed by atoms with E-state index in [0.29, 0.717) is 10.6 Å². The molecular weight excluding hydrogens is 381 g/mol. The summed E-state index contributed by atoms with van der Waals surface area (Å²) in [6.45, 7) is 1.43. The summed E-state index contributed by atoms with van der Waals surface area (Å²) in [5.41, 5.74) is 7.07. The zero-order chi connectivity index (χ0) is 20.3. The van der Waals surface area contributed by atoms with E-state index in [1.165, 1.54) is 24.3 Å². The van der Waals surface area contributed by atoms with E-state index in [1.807, 2.05) is 0 Å². The average Bonchev–Trinajstić information content (AvgIpc) is 2.81. The molecule has 0 aliphatic heterocycles. The van der Waals surface area contributed by atoms with Crippen LogP contribution in [-0.2, 0) is 22.4 Å². The van der Waals surface area contributed by atoms with Crippen molar-refractivity contribution in [3.63, 3.8) is 0 Å². The number of carbonyl (C=O) groups excluding carboxylic acids is 2. The van der Waals surface area contributed by atoms with E-state index in [4.69, 9.17) is 10.5 Å². The van der Waals surface area contributed by atoms with Crippen LogP contribution in [-0.4, -0.2) is 18.0 Å². The molecule has 146 valence electrons. The molecule has 0 saturated heterocycles. The van der Waals surface area contributed by atoms with Gasteiger partial charge in [0.05, 0.1) is 11.1 Å². The van der Waals surface area contributed by atoms with Gasteiger partial charge in [-0.25, -0.2) is 9.18 Å². The second-order valence-corrected chi connectivity index (χ2v) is 7.75. The SMILES string of the molecule is C[C@H](OC(=O)c1ccc(F)cc1N)C(=O)Nc1sc2c(c1C#N)CCCCC2. The molecule has 6 nitrogen and oxygen atoms in total. The average molecular weight is 401 g/mol. The Bertz CT molecular complexity index is 964. The quantitative estimate of drug-likeness (QED) is 0.461. The van der Waals surface area contributed by atoms with Gasteiger partial charge in [-0.2, -0.15) is 5.26 Å². The summed E-state index contributed by atoms with van der Waals surface area (Å²) in [5.74, 6) is -1.93. The lowest BCUT2D eigenvalue weighted by atomic mass is 10.1. The maximum Gasteiger partial charge on any atom is 0.341 e. The van der Waals surface area contributed by atoms with E-state index in [9.17, 15) is 19.2 Å². The van der Waals surface area contributed by atoms with Gasteiger partial charge in [-0.3, -0.25) is 4.79 Å². The van der Waals surface area contributed by atoms with Crippen LogP contribution in [0.2, 0.25) is 0 Å². The van der Waals surface area contributed by atoms with Gasteiger partial charge < -0.3 is 15.8 Å². The number of fused-ring (bicyclic) bond motifs is 1. The van der Waals surface area contributed by atoms with Crippen LogP contribution >= 0.6 is 11.3 Å². The molecule has 0 unspecified atom stereocenters. The molecule has 0 radical (unpaired) electrons. The highest BCUT2D eigenvalue weighted by molar-refractivity contribution is 7.16. The lowest BCUT2D eigenvalue weighted by Crippen LogP contribution is -2.30. The summed E-state index contributed by atoms with van der Waals surface area (Å²) in [5, 5.41) is 12.7. The first-order valence-electron chi connectivity index (χ1n) is 9.02. The second-order valence-electron chi connectivity index (χ2n) is 6.65. The van der Waals surface area contributed by atoms with Crippen LogP contribution in [0.15, 0.2) is 18.2 Å². The number of nitrogens with one attached hydrogen (secondary N) is 1. The second kappa shape index (κ2) is 8.40. The van der Waals surface area contributed by atoms with Crippen molar-refractivity contribution in [2.24, 2.45) is 0 Å². The van der Waals surface area contributed by atoms with Crippen molar-refractivity contribution in [1.82, 2.24) is 0 Å². The highest BCUT2D eigenvalue weighted by atomic mass is 32.1. The van der Waals surface area contributed by atoms with Crippen molar-refractivity contribution < 1.29 is 18.7 Å². The highest BCUT2D eigenvalue weighted by Gasteiger charge is 2.25. The molecule has 1 aromatic carbocycles. The van der Waals surface area contributed by atoms with Gasteiger partial charge in [0.1, 0.15) is 16.9 Å². The van der Waals surface area contributed by atoms with Gasteiger partial charge in [0.25, 0.3) is 5.91 Å². The van der Waals surface area contributed by atoms with E-state index in [-0.39, 0.29) is 11.3 Å². The fourth-order valence-electron chi connectivity index (χ4n) is 3.16. The van der Waals surface area contributed by atoms with E-state index >= 15 is 0 Å². The van der Waals surface area contributed by atoms with E-state index in [0.717, 1.165) is 54.7 Å². The minimum Gasteiger partial charge on any atom is -0.449 e. The third-order valence-electron chi connectivity index (χ3n) is 4.66. The van der Waals surface area contributed by atoms with Crippen LogP contribution in [0.3, 0.4) is 0 Å². The minimum atomic E-state index is -1.11. The normalized spacial score (nSPS) is 14.3. The van der Waals surface area contributed by atoms with Crippen LogP contribution in [0.4, 0.5) is 15.1 Å². The Labute approximate surface area is 166 Å². The zero-order valence-electron chi connectivity index (χ0n) is 15.4. The molecule has 0 spiro atoms. The van der Waals surface area contributed by atoms with Crippen molar-refractivity contribution in [1.29, 1.82) is 5.26 Å². The summed E-state index contributed by atoms with van der Waals surface area (Å²) in [7, 11) is 0. The lowest BCUT2D eigenvalue weighted by molar-refractivity contribution is -0.123. The zero-order valence-corrected chi connectivity index (χ0v) is 16.2. The van der Waals surface area contributed by atoms with Gasteiger partial charge in [0.2, 0.25) is 0 Å². The number of amides is 1. The Morgan fingerprint density at radius 2 is 2.07 bits per heavy atom. The number of nitrogens with two attached hydrogens (primary N) is 1. The Morgan fingerprint density at radius 3 is 2.79 bits per heavy atom. The summed E-state index contributed by atoms with van der Waals surface area (Å²) in [6.07, 6.45) is 3.86. The molecule has 1 aliphatic rings. The van der Waals surface area contributed by atoms with Crippen molar-refractivity contribution in [3.8, 4) is 6.07 Å². The molecule has 3 rings (SSSR count). The van der Waals surface area contributed by atoms with Gasteiger partial charge in [-0.1, -0.05) is 6.42 Å². The van der Waals surface area contributed by atoms with Crippen molar-refractivity contribution >= 4 is 33.9 Å². The summed E-state index contributed by atoms with van der Waals surface area (Å²) in [4.78, 5) is 25.8. The number of benzene rings is 1. The van der Waals surface area contributed by atoms with E-state index in [1.54, 1.807) is 0 Å². The first kappa shape index (κ1) is 19.8. The van der Waals surface area contributed by atoms with Crippen LogP contribution < -0.4 is 11.1 Å². The topological polar surface area (TPSA) is 105 Å². The first-order chi connectivity index (χ1) is 13.4. The fraction of sp³-hybridized carbons (Fsp3) is 0.350. The number of aryl methyl sites for hydroxylation is 1. The Morgan fingerprint density at radius 1 is 1.32 bits per heavy atom. The molecule has 2 aromatic rings. The van der Waals surface area contributed by atoms with Crippen LogP contribution in [0.5, 0.6) is 0 Å². The molecule has 1 aliphatic carbocycles. The predicted molar refractivity (Wildman–Crippen MR) is 105 cm³/mol. The number of hydrogen-bond donors (Lipinski definition) is 2. The summed E-state index contributed by atoms with van der Waals surface area (Å²) >= 11 is 1.41. The maximum atomic E-state index is 13.1. The summed E-state index contributed by atoms with van der Waals surface area (Å²) in [6, 6.07) is 5.51. The molecule has 1 heterocycles. The number of nitriles is 1. The van der Waals surface area contributed by atoms with Gasteiger partial charge >= 0.3 is 5.97 Å². The fourth-order valence-corrected chi connectivity index (χ4v) is 4.40. The standard InChI is InChI=1S/C20H20FN3O3S/c1-11(27-20(26)14-8-7-12(21)9-16(14)23)18(25)24-19-15(10-22)13-5-3-2-4-6-17(13)28-19/h7-9,11H,2-6,23H2,1H3,(H,24,25)/t11-/m0/s1. The Balaban J connectivity index is 1.71. The number of nitrogen functional groups attached to an aromatic ring is 1. The molecule has 0 saturated carbocycles. The molecule has 3 N–H and O–H groups in total. The van der Waals surface area contributed by atoms with E-state index < -0.39 is 23.8 Å². The monoisotopic (exact) mass is 401 g/mol. The first-order valence-corrected chi connectivity index (χ1v) is 9.84. The molecule has 1 amide bonds. The molecule has 28 heavy (non-hydrogen) atoms. The minimum absolute atomic E-state index is 0.0124. The molecular formula is C20H20FN3O3S. The van der Waals surface area contributed by atoms with E-state index in [2.05, 4.69) is 11.4 Å². The smallest absolute Gasteiger partial charge is 0.341 e. The van der Waals surface area contributed by atoms with Crippen LogP contribution in [0.25, 0.3) is 0 Å². The van der Waals surface area contributed by atoms with Gasteiger partial charge in [-0.15, -0.1) is 11.3 Å². The molecule has 1 atom stereocenters. The summed E-state index contributed by atoms with van der Waals surface area (Å²) < 4.78 is 18.3. The number of esters is 1. The number of halogens is 1. The molecule has 0 fully saturated rings. The predicted octanol–water partition coefficient (Wildman–Crippen LogP) is 3.79. The number of anilines is 2.